The molecule has 2 N–H and O–H groups in total. The number of hydrogen-bond donors (Lipinski definition) is 2. The number of epoxide rings is 1. The van der Waals surface area contributed by atoms with E-state index in [9.17, 15) is 0 Å². The van der Waals surface area contributed by atoms with Gasteiger partial charge in [0.25, 0.3) is 0 Å². The average Bonchev–Trinajstić information content (AvgIpc) is 3.28. The van der Waals surface area contributed by atoms with Crippen LogP contribution in [-0.2, 0) is 23.7 Å². The number of ether oxygens (including phenoxy) is 5. The van der Waals surface area contributed by atoms with E-state index >= 15 is 0 Å². The van der Waals surface area contributed by atoms with E-state index in [4.69, 9.17) is 33.9 Å². The molecule has 0 saturated carbocycles. The van der Waals surface area contributed by atoms with E-state index in [2.05, 4.69) is 0 Å². The monoisotopic (exact) mass is 296 g/mol. The Labute approximate surface area is 120 Å². The fraction of sp³-hybridized carbons (Fsp3) is 1.00. The molecular weight excluding hydrogens is 268 g/mol. The van der Waals surface area contributed by atoms with Gasteiger partial charge in [0.2, 0.25) is 0 Å². The van der Waals surface area contributed by atoms with Crippen LogP contribution in [0.5, 0.6) is 0 Å². The minimum atomic E-state index is 0.0413. The molecule has 0 amide bonds. The number of rotatable bonds is 13. The highest BCUT2D eigenvalue weighted by Gasteiger charge is 2.21. The second-order valence-electron chi connectivity index (χ2n) is 3.90. The normalized spacial score (nSPS) is 16.6. The van der Waals surface area contributed by atoms with Crippen molar-refractivity contribution >= 4 is 0 Å². The van der Waals surface area contributed by atoms with Crippen LogP contribution in [0.15, 0.2) is 0 Å². The Morgan fingerprint density at radius 2 is 1.30 bits per heavy atom. The summed E-state index contributed by atoms with van der Waals surface area (Å²) in [4.78, 5) is 0. The largest absolute Gasteiger partial charge is 0.394 e. The summed E-state index contributed by atoms with van der Waals surface area (Å²) < 4.78 is 24.9. The molecule has 1 saturated heterocycles. The van der Waals surface area contributed by atoms with Crippen molar-refractivity contribution in [3.05, 3.63) is 0 Å². The Balaban J connectivity index is 0.000000428. The second-order valence-corrected chi connectivity index (χ2v) is 3.90. The Morgan fingerprint density at radius 1 is 0.850 bits per heavy atom. The molecule has 1 unspecified atom stereocenters. The molecule has 0 radical (unpaired) electrons. The smallest absolute Gasteiger partial charge is 0.104 e. The third kappa shape index (κ3) is 17.7. The van der Waals surface area contributed by atoms with E-state index in [1.807, 2.05) is 6.92 Å². The zero-order valence-electron chi connectivity index (χ0n) is 12.3. The van der Waals surface area contributed by atoms with Crippen LogP contribution < -0.4 is 0 Å². The van der Waals surface area contributed by atoms with Gasteiger partial charge in [0.15, 0.2) is 0 Å². The van der Waals surface area contributed by atoms with Crippen molar-refractivity contribution < 1.29 is 33.9 Å². The van der Waals surface area contributed by atoms with E-state index in [0.717, 1.165) is 19.8 Å². The molecule has 1 rings (SSSR count). The lowest BCUT2D eigenvalue weighted by atomic mass is 10.5. The van der Waals surface area contributed by atoms with Gasteiger partial charge in [0.1, 0.15) is 6.10 Å². The molecule has 0 aromatic rings. The summed E-state index contributed by atoms with van der Waals surface area (Å²) in [5.74, 6) is 0. The molecule has 1 atom stereocenters. The van der Waals surface area contributed by atoms with Crippen molar-refractivity contribution in [2.75, 3.05) is 72.7 Å². The minimum absolute atomic E-state index is 0.0413. The van der Waals surface area contributed by atoms with Crippen molar-refractivity contribution in [2.24, 2.45) is 0 Å². The Morgan fingerprint density at radius 3 is 1.65 bits per heavy atom. The number of aliphatic hydroxyl groups excluding tert-OH is 2. The molecule has 1 heterocycles. The topological polar surface area (TPSA) is 89.9 Å². The van der Waals surface area contributed by atoms with Gasteiger partial charge in [0, 0.05) is 6.61 Å². The van der Waals surface area contributed by atoms with Gasteiger partial charge in [-0.1, -0.05) is 0 Å². The molecule has 1 aliphatic rings. The second kappa shape index (κ2) is 16.8. The van der Waals surface area contributed by atoms with E-state index in [-0.39, 0.29) is 13.2 Å². The quantitative estimate of drug-likeness (QED) is 0.348. The van der Waals surface area contributed by atoms with Gasteiger partial charge in [-0.05, 0) is 6.92 Å². The third-order valence-corrected chi connectivity index (χ3v) is 2.13. The van der Waals surface area contributed by atoms with Gasteiger partial charge in [0.05, 0.1) is 66.1 Å². The Bertz CT molecular complexity index is 166. The maximum atomic E-state index is 8.36. The molecule has 0 aromatic heterocycles. The van der Waals surface area contributed by atoms with Crippen LogP contribution in [0.1, 0.15) is 6.92 Å². The first-order valence-corrected chi connectivity index (χ1v) is 6.99. The van der Waals surface area contributed by atoms with E-state index in [0.29, 0.717) is 45.7 Å². The summed E-state index contributed by atoms with van der Waals surface area (Å²) in [5, 5.41) is 16.7. The molecule has 20 heavy (non-hydrogen) atoms. The number of aliphatic hydroxyl groups is 2. The SMILES string of the molecule is CCOCC1CO1.OCCOCCOCCOCCO. The molecule has 7 nitrogen and oxygen atoms in total. The van der Waals surface area contributed by atoms with Crippen LogP contribution in [-0.4, -0.2) is 89.0 Å². The fourth-order valence-corrected chi connectivity index (χ4v) is 1.08. The van der Waals surface area contributed by atoms with Gasteiger partial charge in [-0.2, -0.15) is 0 Å². The molecular formula is C13H28O7. The van der Waals surface area contributed by atoms with Gasteiger partial charge in [-0.25, -0.2) is 0 Å². The highest BCUT2D eigenvalue weighted by Crippen LogP contribution is 2.07. The highest BCUT2D eigenvalue weighted by molar-refractivity contribution is 4.66. The lowest BCUT2D eigenvalue weighted by molar-refractivity contribution is 0.00230. The van der Waals surface area contributed by atoms with E-state index in [1.54, 1.807) is 0 Å². The lowest BCUT2D eigenvalue weighted by Crippen LogP contribution is -2.11. The van der Waals surface area contributed by atoms with Gasteiger partial charge < -0.3 is 33.9 Å². The third-order valence-electron chi connectivity index (χ3n) is 2.13. The first-order chi connectivity index (χ1) is 9.85. The standard InChI is InChI=1S/C8H18O5.C5H10O2/c9-1-3-11-5-7-13-8-6-12-4-2-10;1-2-6-3-5-4-7-5/h9-10H,1-8H2;5H,2-4H2,1H3. The fourth-order valence-electron chi connectivity index (χ4n) is 1.08. The molecule has 0 spiro atoms. The highest BCUT2D eigenvalue weighted by atomic mass is 16.6. The van der Waals surface area contributed by atoms with Gasteiger partial charge in [-0.3, -0.25) is 0 Å². The van der Waals surface area contributed by atoms with Crippen molar-refractivity contribution in [3.8, 4) is 0 Å². The summed E-state index contributed by atoms with van der Waals surface area (Å²) >= 11 is 0. The van der Waals surface area contributed by atoms with Gasteiger partial charge in [-0.15, -0.1) is 0 Å². The molecule has 7 heteroatoms. The summed E-state index contributed by atoms with van der Waals surface area (Å²) in [6.07, 6.45) is 0.431. The number of hydrogen-bond acceptors (Lipinski definition) is 7. The van der Waals surface area contributed by atoms with Crippen LogP contribution in [0.4, 0.5) is 0 Å². The Kier molecular flexibility index (Phi) is 16.5. The summed E-state index contributed by atoms with van der Waals surface area (Å²) in [7, 11) is 0. The Hall–Kier alpha value is -0.280. The van der Waals surface area contributed by atoms with Crippen LogP contribution in [0, 0.1) is 0 Å². The van der Waals surface area contributed by atoms with Crippen LogP contribution in [0.3, 0.4) is 0 Å². The molecule has 1 fully saturated rings. The first kappa shape index (κ1) is 19.7. The average molecular weight is 296 g/mol. The van der Waals surface area contributed by atoms with E-state index in [1.165, 1.54) is 0 Å². The van der Waals surface area contributed by atoms with Crippen molar-refractivity contribution in [2.45, 2.75) is 13.0 Å². The lowest BCUT2D eigenvalue weighted by Gasteiger charge is -2.04. The zero-order chi connectivity index (χ0) is 14.9. The predicted molar refractivity (Wildman–Crippen MR) is 72.9 cm³/mol. The molecule has 0 aromatic carbocycles. The van der Waals surface area contributed by atoms with Crippen molar-refractivity contribution in [1.29, 1.82) is 0 Å². The van der Waals surface area contributed by atoms with Crippen molar-refractivity contribution in [1.82, 2.24) is 0 Å². The minimum Gasteiger partial charge on any atom is -0.394 e. The van der Waals surface area contributed by atoms with Crippen LogP contribution in [0.25, 0.3) is 0 Å². The summed E-state index contributed by atoms with van der Waals surface area (Å²) in [6.45, 7) is 7.25. The summed E-state index contributed by atoms with van der Waals surface area (Å²) in [5.41, 5.74) is 0. The molecule has 0 aliphatic carbocycles. The van der Waals surface area contributed by atoms with Gasteiger partial charge >= 0.3 is 0 Å². The summed E-state index contributed by atoms with van der Waals surface area (Å²) in [6, 6.07) is 0. The molecule has 122 valence electrons. The first-order valence-electron chi connectivity index (χ1n) is 6.99. The van der Waals surface area contributed by atoms with Crippen LogP contribution >= 0.6 is 0 Å². The van der Waals surface area contributed by atoms with Crippen LogP contribution in [0.2, 0.25) is 0 Å². The maximum absolute atomic E-state index is 8.36. The molecule has 1 aliphatic heterocycles. The zero-order valence-corrected chi connectivity index (χ0v) is 12.3. The maximum Gasteiger partial charge on any atom is 0.104 e. The predicted octanol–water partition coefficient (Wildman–Crippen LogP) is -0.557. The molecule has 0 bridgehead atoms. The van der Waals surface area contributed by atoms with Crippen molar-refractivity contribution in [3.63, 3.8) is 0 Å². The van der Waals surface area contributed by atoms with E-state index < -0.39 is 0 Å².